The normalized spacial score (nSPS) is 14.3. The van der Waals surface area contributed by atoms with E-state index in [1.807, 2.05) is 0 Å². The Morgan fingerprint density at radius 3 is 2.43 bits per heavy atom. The molecule has 3 nitrogen and oxygen atoms in total. The maximum Gasteiger partial charge on any atom is 0.134 e. The van der Waals surface area contributed by atoms with E-state index in [4.69, 9.17) is 22.4 Å². The minimum Gasteiger partial charge on any atom is -0.506 e. The van der Waals surface area contributed by atoms with Crippen molar-refractivity contribution in [1.82, 2.24) is 0 Å². The van der Waals surface area contributed by atoms with Gasteiger partial charge in [-0.2, -0.15) is 0 Å². The highest BCUT2D eigenvalue weighted by Crippen LogP contribution is 2.26. The van der Waals surface area contributed by atoms with Gasteiger partial charge in [0.15, 0.2) is 0 Å². The third-order valence-electron chi connectivity index (χ3n) is 1.88. The number of aliphatic hydroxyl groups is 1. The number of hydrogen-bond donors (Lipinski definition) is 3. The Morgan fingerprint density at radius 1 is 1.43 bits per heavy atom. The zero-order valence-corrected chi connectivity index (χ0v) is 9.22. The summed E-state index contributed by atoms with van der Waals surface area (Å²) in [5, 5.41) is 18.6. The van der Waals surface area contributed by atoms with Crippen molar-refractivity contribution in [3.63, 3.8) is 0 Å². The van der Waals surface area contributed by atoms with Gasteiger partial charge in [-0.15, -0.1) is 12.4 Å². The smallest absolute Gasteiger partial charge is 0.134 e. The first-order chi connectivity index (χ1) is 6.02. The summed E-state index contributed by atoms with van der Waals surface area (Å²) in [5.74, 6) is 0.0169. The lowest BCUT2D eigenvalue weighted by Crippen LogP contribution is -2.22. The van der Waals surface area contributed by atoms with Crippen LogP contribution < -0.4 is 5.73 Å². The Balaban J connectivity index is 0.00000169. The highest BCUT2D eigenvalue weighted by Gasteiger charge is 2.12. The molecule has 1 aromatic rings. The summed E-state index contributed by atoms with van der Waals surface area (Å²) in [6.45, 7) is 1.60. The molecule has 0 aliphatic heterocycles. The molecule has 1 aromatic carbocycles. The van der Waals surface area contributed by atoms with Crippen LogP contribution in [0.25, 0.3) is 0 Å². The third-order valence-corrected chi connectivity index (χ3v) is 2.18. The van der Waals surface area contributed by atoms with Crippen LogP contribution in [-0.2, 0) is 0 Å². The molecule has 1 rings (SSSR count). The molecule has 2 atom stereocenters. The van der Waals surface area contributed by atoms with E-state index < -0.39 is 12.1 Å². The van der Waals surface area contributed by atoms with Crippen molar-refractivity contribution in [2.45, 2.75) is 19.1 Å². The molecule has 0 unspecified atom stereocenters. The molecule has 0 bridgehead atoms. The van der Waals surface area contributed by atoms with E-state index in [-0.39, 0.29) is 23.2 Å². The van der Waals surface area contributed by atoms with Crippen LogP contribution in [-0.4, -0.2) is 16.3 Å². The number of hydrogen-bond acceptors (Lipinski definition) is 3. The molecule has 0 aliphatic rings. The van der Waals surface area contributed by atoms with E-state index in [1.54, 1.807) is 19.1 Å². The minimum absolute atomic E-state index is 0. The van der Waals surface area contributed by atoms with Gasteiger partial charge in [-0.3, -0.25) is 0 Å². The molecule has 14 heavy (non-hydrogen) atoms. The maximum absolute atomic E-state index is 9.20. The topological polar surface area (TPSA) is 66.5 Å². The van der Waals surface area contributed by atoms with E-state index in [2.05, 4.69) is 0 Å². The summed E-state index contributed by atoms with van der Waals surface area (Å²) >= 11 is 5.68. The van der Waals surface area contributed by atoms with E-state index in [1.165, 1.54) is 6.07 Å². The average molecular weight is 238 g/mol. The summed E-state index contributed by atoms with van der Waals surface area (Å²) in [6, 6.07) is 4.17. The van der Waals surface area contributed by atoms with E-state index in [9.17, 15) is 5.11 Å². The van der Waals surface area contributed by atoms with E-state index >= 15 is 0 Å². The number of phenols is 1. The van der Waals surface area contributed by atoms with Crippen molar-refractivity contribution in [3.8, 4) is 5.75 Å². The Labute approximate surface area is 93.9 Å². The van der Waals surface area contributed by atoms with E-state index in [0.29, 0.717) is 5.56 Å². The Hall–Kier alpha value is -0.480. The highest BCUT2D eigenvalue weighted by molar-refractivity contribution is 6.32. The number of aromatic hydroxyl groups is 1. The van der Waals surface area contributed by atoms with Crippen LogP contribution in [0, 0.1) is 0 Å². The Morgan fingerprint density at radius 2 is 2.00 bits per heavy atom. The first-order valence-electron chi connectivity index (χ1n) is 3.94. The number of benzene rings is 1. The van der Waals surface area contributed by atoms with Crippen molar-refractivity contribution >= 4 is 24.0 Å². The number of rotatable bonds is 2. The molecule has 0 fully saturated rings. The van der Waals surface area contributed by atoms with Crippen LogP contribution in [0.2, 0.25) is 5.02 Å². The molecule has 0 heterocycles. The van der Waals surface area contributed by atoms with Crippen LogP contribution in [0.15, 0.2) is 18.2 Å². The average Bonchev–Trinajstić information content (AvgIpc) is 2.08. The number of aliphatic hydroxyl groups excluding tert-OH is 1. The zero-order chi connectivity index (χ0) is 10.0. The molecule has 0 radical (unpaired) electrons. The molecule has 0 saturated carbocycles. The molecule has 0 spiro atoms. The third kappa shape index (κ3) is 3.03. The van der Waals surface area contributed by atoms with Gasteiger partial charge in [-0.25, -0.2) is 0 Å². The summed E-state index contributed by atoms with van der Waals surface area (Å²) in [5.41, 5.74) is 6.37. The van der Waals surface area contributed by atoms with Crippen molar-refractivity contribution < 1.29 is 10.2 Å². The van der Waals surface area contributed by atoms with Gasteiger partial charge in [0.2, 0.25) is 0 Å². The van der Waals surface area contributed by atoms with Crippen molar-refractivity contribution in [2.75, 3.05) is 0 Å². The van der Waals surface area contributed by atoms with Gasteiger partial charge >= 0.3 is 0 Å². The summed E-state index contributed by atoms with van der Waals surface area (Å²) < 4.78 is 0. The molecular weight excluding hydrogens is 225 g/mol. The summed E-state index contributed by atoms with van der Waals surface area (Å²) in [6.07, 6.45) is -0.638. The molecule has 80 valence electrons. The molecule has 5 heteroatoms. The van der Waals surface area contributed by atoms with Crippen molar-refractivity contribution in [3.05, 3.63) is 28.8 Å². The quantitative estimate of drug-likeness (QED) is 0.736. The first-order valence-corrected chi connectivity index (χ1v) is 4.32. The SMILES string of the molecule is C[C@@H](O)[C@@H](N)c1ccc(O)c(Cl)c1.Cl. The molecule has 0 aliphatic carbocycles. The highest BCUT2D eigenvalue weighted by atomic mass is 35.5. The number of halogens is 2. The van der Waals surface area contributed by atoms with Gasteiger partial charge in [0.05, 0.1) is 17.2 Å². The second kappa shape index (κ2) is 5.41. The predicted molar refractivity (Wildman–Crippen MR) is 59.0 cm³/mol. The molecular formula is C9H13Cl2NO2. The van der Waals surface area contributed by atoms with Gasteiger partial charge in [-0.05, 0) is 24.6 Å². The molecule has 0 aromatic heterocycles. The van der Waals surface area contributed by atoms with Crippen molar-refractivity contribution in [2.24, 2.45) is 5.73 Å². The van der Waals surface area contributed by atoms with Crippen LogP contribution >= 0.6 is 24.0 Å². The lowest BCUT2D eigenvalue weighted by Gasteiger charge is -2.15. The van der Waals surface area contributed by atoms with Crippen LogP contribution in [0.3, 0.4) is 0 Å². The minimum atomic E-state index is -0.638. The van der Waals surface area contributed by atoms with Gasteiger partial charge in [0.1, 0.15) is 5.75 Å². The van der Waals surface area contributed by atoms with Gasteiger partial charge < -0.3 is 15.9 Å². The molecule has 4 N–H and O–H groups in total. The van der Waals surface area contributed by atoms with Crippen LogP contribution in [0.1, 0.15) is 18.5 Å². The molecule has 0 amide bonds. The summed E-state index contributed by atoms with van der Waals surface area (Å²) in [4.78, 5) is 0. The van der Waals surface area contributed by atoms with Crippen molar-refractivity contribution in [1.29, 1.82) is 0 Å². The lowest BCUT2D eigenvalue weighted by atomic mass is 10.0. The summed E-state index contributed by atoms with van der Waals surface area (Å²) in [7, 11) is 0. The second-order valence-electron chi connectivity index (χ2n) is 2.98. The lowest BCUT2D eigenvalue weighted by molar-refractivity contribution is 0.164. The second-order valence-corrected chi connectivity index (χ2v) is 3.38. The number of nitrogens with two attached hydrogens (primary N) is 1. The van der Waals surface area contributed by atoms with Gasteiger partial charge in [-0.1, -0.05) is 17.7 Å². The number of phenolic OH excluding ortho intramolecular Hbond substituents is 1. The Kier molecular flexibility index (Phi) is 5.23. The largest absolute Gasteiger partial charge is 0.506 e. The first kappa shape index (κ1) is 13.5. The molecule has 0 saturated heterocycles. The standard InChI is InChI=1S/C9H12ClNO2.ClH/c1-5(12)9(11)6-2-3-8(13)7(10)4-6;/h2-5,9,12-13H,11H2,1H3;1H/t5-,9-;/m1./s1. The fraction of sp³-hybridized carbons (Fsp3) is 0.333. The Bertz CT molecular complexity index is 305. The van der Waals surface area contributed by atoms with Crippen LogP contribution in [0.4, 0.5) is 0 Å². The fourth-order valence-electron chi connectivity index (χ4n) is 1.01. The fourth-order valence-corrected chi connectivity index (χ4v) is 1.20. The van der Waals surface area contributed by atoms with E-state index in [0.717, 1.165) is 0 Å². The predicted octanol–water partition coefficient (Wildman–Crippen LogP) is 1.85. The van der Waals surface area contributed by atoms with Crippen LogP contribution in [0.5, 0.6) is 5.75 Å². The zero-order valence-electron chi connectivity index (χ0n) is 7.64. The monoisotopic (exact) mass is 237 g/mol. The maximum atomic E-state index is 9.20. The van der Waals surface area contributed by atoms with Gasteiger partial charge in [0, 0.05) is 0 Å². The van der Waals surface area contributed by atoms with Gasteiger partial charge in [0.25, 0.3) is 0 Å².